The fourth-order valence-corrected chi connectivity index (χ4v) is 2.94. The van der Waals surface area contributed by atoms with Gasteiger partial charge in [-0.15, -0.1) is 0 Å². The first-order valence-corrected chi connectivity index (χ1v) is 8.40. The van der Waals surface area contributed by atoms with E-state index in [1.165, 1.54) is 0 Å². The van der Waals surface area contributed by atoms with Crippen molar-refractivity contribution in [1.82, 2.24) is 14.9 Å². The number of aryl methyl sites for hydroxylation is 1. The molecule has 0 bridgehead atoms. The summed E-state index contributed by atoms with van der Waals surface area (Å²) in [5.41, 5.74) is 2.12. The van der Waals surface area contributed by atoms with Crippen LogP contribution >= 0.6 is 15.9 Å². The molecule has 0 aliphatic carbocycles. The van der Waals surface area contributed by atoms with Gasteiger partial charge >= 0.3 is 0 Å². The number of piperazine rings is 1. The van der Waals surface area contributed by atoms with Crippen LogP contribution in [0.1, 0.15) is 21.5 Å². The van der Waals surface area contributed by atoms with Crippen molar-refractivity contribution < 1.29 is 4.79 Å². The average Bonchev–Trinajstić information content (AvgIpc) is 2.62. The number of nitrogens with zero attached hydrogens (tertiary/aromatic N) is 5. The fraction of sp³-hybridized carbons (Fsp3) is 0.294. The number of nitriles is 1. The standard InChI is InChI=1S/C17H16BrN5O/c1-12-8-14(9-19)16(21-10-12)22-4-6-23(7-5-22)17(24)13-2-3-15(18)20-11-13/h2-3,8,10-11H,4-7H2,1H3. The molecule has 24 heavy (non-hydrogen) atoms. The van der Waals surface area contributed by atoms with E-state index in [0.717, 1.165) is 5.56 Å². The lowest BCUT2D eigenvalue weighted by molar-refractivity contribution is 0.0746. The SMILES string of the molecule is Cc1cnc(N2CCN(C(=O)c3ccc(Br)nc3)CC2)c(C#N)c1. The van der Waals surface area contributed by atoms with Crippen molar-refractivity contribution in [1.29, 1.82) is 5.26 Å². The Kier molecular flexibility index (Phi) is 4.76. The summed E-state index contributed by atoms with van der Waals surface area (Å²) in [5.74, 6) is 0.674. The van der Waals surface area contributed by atoms with Crippen LogP contribution in [0.15, 0.2) is 35.2 Å². The molecule has 6 nitrogen and oxygen atoms in total. The van der Waals surface area contributed by atoms with Gasteiger partial charge in [-0.2, -0.15) is 5.26 Å². The molecule has 1 aliphatic heterocycles. The Hall–Kier alpha value is -2.46. The summed E-state index contributed by atoms with van der Waals surface area (Å²) in [6.07, 6.45) is 3.34. The first-order valence-electron chi connectivity index (χ1n) is 7.61. The molecular formula is C17H16BrN5O. The van der Waals surface area contributed by atoms with Crippen molar-refractivity contribution >= 4 is 27.7 Å². The van der Waals surface area contributed by atoms with Gasteiger partial charge in [0.05, 0.1) is 11.1 Å². The smallest absolute Gasteiger partial charge is 0.255 e. The molecular weight excluding hydrogens is 370 g/mol. The third-order valence-corrected chi connectivity index (χ3v) is 4.43. The lowest BCUT2D eigenvalue weighted by atomic mass is 10.2. The second kappa shape index (κ2) is 6.97. The number of halogens is 1. The number of anilines is 1. The predicted molar refractivity (Wildman–Crippen MR) is 93.7 cm³/mol. The fourth-order valence-electron chi connectivity index (χ4n) is 2.70. The van der Waals surface area contributed by atoms with Gasteiger partial charge in [0.25, 0.3) is 5.91 Å². The van der Waals surface area contributed by atoms with Crippen molar-refractivity contribution in [2.45, 2.75) is 6.92 Å². The summed E-state index contributed by atoms with van der Waals surface area (Å²) in [4.78, 5) is 24.9. The van der Waals surface area contributed by atoms with Gasteiger partial charge < -0.3 is 9.80 Å². The highest BCUT2D eigenvalue weighted by Crippen LogP contribution is 2.20. The van der Waals surface area contributed by atoms with Gasteiger partial charge in [0.1, 0.15) is 16.5 Å². The zero-order valence-corrected chi connectivity index (χ0v) is 14.8. The van der Waals surface area contributed by atoms with E-state index in [0.29, 0.717) is 47.7 Å². The second-order valence-corrected chi connectivity index (χ2v) is 6.46. The zero-order valence-electron chi connectivity index (χ0n) is 13.2. The molecule has 0 spiro atoms. The summed E-state index contributed by atoms with van der Waals surface area (Å²) in [7, 11) is 0. The lowest BCUT2D eigenvalue weighted by Gasteiger charge is -2.35. The number of pyridine rings is 2. The maximum absolute atomic E-state index is 12.5. The minimum atomic E-state index is -0.0213. The largest absolute Gasteiger partial charge is 0.352 e. The first kappa shape index (κ1) is 16.4. The number of carbonyl (C=O) groups excluding carboxylic acids is 1. The van der Waals surface area contributed by atoms with Crippen LogP contribution in [-0.2, 0) is 0 Å². The predicted octanol–water partition coefficient (Wildman–Crippen LogP) is 2.38. The first-order chi connectivity index (χ1) is 11.6. The quantitative estimate of drug-likeness (QED) is 0.741. The Morgan fingerprint density at radius 1 is 1.21 bits per heavy atom. The Morgan fingerprint density at radius 3 is 2.58 bits per heavy atom. The van der Waals surface area contributed by atoms with Crippen molar-refractivity contribution in [2.75, 3.05) is 31.1 Å². The van der Waals surface area contributed by atoms with E-state index in [1.54, 1.807) is 24.5 Å². The molecule has 2 aromatic heterocycles. The minimum Gasteiger partial charge on any atom is -0.352 e. The van der Waals surface area contributed by atoms with Crippen LogP contribution < -0.4 is 4.90 Å². The van der Waals surface area contributed by atoms with E-state index in [2.05, 4.69) is 36.9 Å². The van der Waals surface area contributed by atoms with Crippen LogP contribution in [0.2, 0.25) is 0 Å². The van der Waals surface area contributed by atoms with Crippen molar-refractivity contribution in [3.05, 3.63) is 51.9 Å². The van der Waals surface area contributed by atoms with Crippen LogP contribution in [0.4, 0.5) is 5.82 Å². The lowest BCUT2D eigenvalue weighted by Crippen LogP contribution is -2.49. The van der Waals surface area contributed by atoms with E-state index >= 15 is 0 Å². The average molecular weight is 386 g/mol. The van der Waals surface area contributed by atoms with Gasteiger partial charge in [0, 0.05) is 38.6 Å². The summed E-state index contributed by atoms with van der Waals surface area (Å²) < 4.78 is 0.707. The maximum Gasteiger partial charge on any atom is 0.255 e. The van der Waals surface area contributed by atoms with Crippen LogP contribution in [0.25, 0.3) is 0 Å². The number of carbonyl (C=O) groups is 1. The van der Waals surface area contributed by atoms with Crippen molar-refractivity contribution in [3.63, 3.8) is 0 Å². The highest BCUT2D eigenvalue weighted by Gasteiger charge is 2.24. The maximum atomic E-state index is 12.5. The van der Waals surface area contributed by atoms with Gasteiger partial charge in [-0.25, -0.2) is 9.97 Å². The Morgan fingerprint density at radius 2 is 1.96 bits per heavy atom. The Labute approximate surface area is 148 Å². The van der Waals surface area contributed by atoms with Crippen LogP contribution in [-0.4, -0.2) is 47.0 Å². The molecule has 0 N–H and O–H groups in total. The molecule has 1 aliphatic rings. The number of hydrogen-bond acceptors (Lipinski definition) is 5. The van der Waals surface area contributed by atoms with Crippen LogP contribution in [0.5, 0.6) is 0 Å². The van der Waals surface area contributed by atoms with Gasteiger partial charge in [-0.05, 0) is 46.6 Å². The molecule has 0 radical (unpaired) electrons. The molecule has 1 saturated heterocycles. The van der Waals surface area contributed by atoms with Gasteiger partial charge in [0.2, 0.25) is 0 Å². The molecule has 0 aromatic carbocycles. The van der Waals surface area contributed by atoms with Crippen LogP contribution in [0.3, 0.4) is 0 Å². The summed E-state index contributed by atoms with van der Waals surface area (Å²) in [6.45, 7) is 4.41. The van der Waals surface area contributed by atoms with Crippen LogP contribution in [0, 0.1) is 18.3 Å². The number of hydrogen-bond donors (Lipinski definition) is 0. The molecule has 122 valence electrons. The zero-order chi connectivity index (χ0) is 17.1. The van der Waals surface area contributed by atoms with E-state index in [-0.39, 0.29) is 5.91 Å². The topological polar surface area (TPSA) is 73.1 Å². The summed E-state index contributed by atoms with van der Waals surface area (Å²) in [5, 5.41) is 9.29. The minimum absolute atomic E-state index is 0.0213. The normalized spacial score (nSPS) is 14.4. The summed E-state index contributed by atoms with van der Waals surface area (Å²) in [6, 6.07) is 7.57. The third-order valence-electron chi connectivity index (χ3n) is 3.96. The molecule has 2 aromatic rings. The van der Waals surface area contributed by atoms with Gasteiger partial charge in [-0.3, -0.25) is 4.79 Å². The Bertz CT molecular complexity index is 792. The number of rotatable bonds is 2. The summed E-state index contributed by atoms with van der Waals surface area (Å²) >= 11 is 3.27. The molecule has 1 fully saturated rings. The van der Waals surface area contributed by atoms with Gasteiger partial charge in [-0.1, -0.05) is 0 Å². The highest BCUT2D eigenvalue weighted by molar-refractivity contribution is 9.10. The number of amides is 1. The molecule has 3 heterocycles. The van der Waals surface area contributed by atoms with E-state index in [4.69, 9.17) is 0 Å². The highest BCUT2D eigenvalue weighted by atomic mass is 79.9. The monoisotopic (exact) mass is 385 g/mol. The second-order valence-electron chi connectivity index (χ2n) is 5.64. The Balaban J connectivity index is 1.69. The molecule has 0 atom stereocenters. The molecule has 7 heteroatoms. The van der Waals surface area contributed by atoms with E-state index in [9.17, 15) is 10.1 Å². The van der Waals surface area contributed by atoms with E-state index < -0.39 is 0 Å². The molecule has 1 amide bonds. The molecule has 3 rings (SSSR count). The van der Waals surface area contributed by atoms with Crippen molar-refractivity contribution in [2.24, 2.45) is 0 Å². The van der Waals surface area contributed by atoms with Gasteiger partial charge in [0.15, 0.2) is 0 Å². The molecule has 0 unspecified atom stereocenters. The number of aromatic nitrogens is 2. The third kappa shape index (κ3) is 3.39. The molecule has 0 saturated carbocycles. The van der Waals surface area contributed by atoms with Crippen molar-refractivity contribution in [3.8, 4) is 6.07 Å². The van der Waals surface area contributed by atoms with E-state index in [1.807, 2.05) is 17.9 Å².